The third-order valence-corrected chi connectivity index (χ3v) is 2.83. The first kappa shape index (κ1) is 13.9. The van der Waals surface area contributed by atoms with Gasteiger partial charge in [-0.15, -0.1) is 0 Å². The molecular formula is C15H15NO4. The Bertz CT molecular complexity index is 560. The maximum Gasteiger partial charge on any atom is 0.330 e. The van der Waals surface area contributed by atoms with Crippen LogP contribution in [0.4, 0.5) is 5.69 Å². The van der Waals surface area contributed by atoms with E-state index < -0.39 is 17.9 Å². The molecule has 20 heavy (non-hydrogen) atoms. The molecule has 1 atom stereocenters. The van der Waals surface area contributed by atoms with Crippen molar-refractivity contribution < 1.29 is 19.1 Å². The number of cyclic esters (lactones) is 1. The molecule has 1 saturated heterocycles. The molecule has 1 aliphatic rings. The summed E-state index contributed by atoms with van der Waals surface area (Å²) in [4.78, 5) is 22.8. The van der Waals surface area contributed by atoms with E-state index in [9.17, 15) is 9.59 Å². The zero-order valence-electron chi connectivity index (χ0n) is 10.9. The Morgan fingerprint density at radius 1 is 1.45 bits per heavy atom. The second kappa shape index (κ2) is 6.06. The molecule has 104 valence electrons. The third-order valence-electron chi connectivity index (χ3n) is 2.83. The van der Waals surface area contributed by atoms with Gasteiger partial charge in [0.1, 0.15) is 12.4 Å². The number of hydrogen-bond donors (Lipinski definition) is 1. The Morgan fingerprint density at radius 2 is 2.15 bits per heavy atom. The van der Waals surface area contributed by atoms with E-state index in [1.807, 2.05) is 0 Å². The van der Waals surface area contributed by atoms with Crippen LogP contribution in [0.2, 0.25) is 0 Å². The Balaban J connectivity index is 1.82. The number of nitrogens with two attached hydrogens (primary N) is 1. The minimum absolute atomic E-state index is 0.00274. The van der Waals surface area contributed by atoms with Crippen molar-refractivity contribution in [2.45, 2.75) is 6.42 Å². The lowest BCUT2D eigenvalue weighted by Crippen LogP contribution is -2.16. The van der Waals surface area contributed by atoms with Gasteiger partial charge in [-0.2, -0.15) is 0 Å². The fraction of sp³-hybridized carbons (Fsp3) is 0.200. The molecule has 0 saturated carbocycles. The van der Waals surface area contributed by atoms with Crippen LogP contribution in [0.1, 0.15) is 12.0 Å². The lowest BCUT2D eigenvalue weighted by molar-refractivity contribution is -0.145. The second-order valence-corrected chi connectivity index (χ2v) is 4.49. The van der Waals surface area contributed by atoms with Crippen LogP contribution in [0.25, 0.3) is 6.08 Å². The van der Waals surface area contributed by atoms with Gasteiger partial charge in [-0.05, 0) is 23.8 Å². The number of allylic oxidation sites excluding steroid dienone is 1. The van der Waals surface area contributed by atoms with Crippen molar-refractivity contribution in [3.8, 4) is 0 Å². The zero-order chi connectivity index (χ0) is 14.5. The summed E-state index contributed by atoms with van der Waals surface area (Å²) in [5.41, 5.74) is 7.05. The Morgan fingerprint density at radius 3 is 2.75 bits per heavy atom. The number of hydrogen-bond acceptors (Lipinski definition) is 5. The first-order valence-electron chi connectivity index (χ1n) is 6.14. The van der Waals surface area contributed by atoms with Crippen LogP contribution in [0.15, 0.2) is 42.7 Å². The topological polar surface area (TPSA) is 78.6 Å². The molecule has 0 amide bonds. The average Bonchev–Trinajstić information content (AvgIpc) is 2.74. The quantitative estimate of drug-likeness (QED) is 0.515. The highest BCUT2D eigenvalue weighted by atomic mass is 16.6. The number of anilines is 1. The first-order valence-corrected chi connectivity index (χ1v) is 6.14. The van der Waals surface area contributed by atoms with Crippen molar-refractivity contribution in [3.05, 3.63) is 48.2 Å². The van der Waals surface area contributed by atoms with Crippen LogP contribution < -0.4 is 5.73 Å². The summed E-state index contributed by atoms with van der Waals surface area (Å²) >= 11 is 0. The molecule has 0 spiro atoms. The molecule has 2 rings (SSSR count). The lowest BCUT2D eigenvalue weighted by atomic mass is 10.1. The largest absolute Gasteiger partial charge is 0.462 e. The van der Waals surface area contributed by atoms with Crippen LogP contribution in [-0.4, -0.2) is 18.5 Å². The summed E-state index contributed by atoms with van der Waals surface area (Å²) in [7, 11) is 0. The summed E-state index contributed by atoms with van der Waals surface area (Å²) in [6.07, 6.45) is 3.32. The summed E-state index contributed by atoms with van der Waals surface area (Å²) in [5, 5.41) is 0. The fourth-order valence-electron chi connectivity index (χ4n) is 1.75. The van der Waals surface area contributed by atoms with Crippen LogP contribution in [0, 0.1) is 5.92 Å². The number of esters is 2. The van der Waals surface area contributed by atoms with Crippen LogP contribution in [-0.2, 0) is 19.1 Å². The minimum Gasteiger partial charge on any atom is -0.462 e. The Labute approximate surface area is 116 Å². The van der Waals surface area contributed by atoms with E-state index in [0.29, 0.717) is 17.9 Å². The van der Waals surface area contributed by atoms with E-state index in [1.165, 1.54) is 6.08 Å². The molecule has 1 fully saturated rings. The molecule has 2 N–H and O–H groups in total. The lowest BCUT2D eigenvalue weighted by Gasteiger charge is -2.04. The van der Waals surface area contributed by atoms with Crippen LogP contribution in [0.3, 0.4) is 0 Å². The van der Waals surface area contributed by atoms with Crippen molar-refractivity contribution in [1.82, 2.24) is 0 Å². The third kappa shape index (κ3) is 3.71. The zero-order valence-corrected chi connectivity index (χ0v) is 10.9. The molecule has 1 heterocycles. The fourth-order valence-corrected chi connectivity index (χ4v) is 1.75. The average molecular weight is 273 g/mol. The van der Waals surface area contributed by atoms with E-state index in [1.54, 1.807) is 30.3 Å². The first-order chi connectivity index (χ1) is 9.54. The Hall–Kier alpha value is -2.56. The van der Waals surface area contributed by atoms with Gasteiger partial charge in [0.05, 0.1) is 5.92 Å². The van der Waals surface area contributed by atoms with Crippen molar-refractivity contribution in [1.29, 1.82) is 0 Å². The SMILES string of the molecule is C=C1CC(COC(=O)/C=C/c2ccc(N)cc2)C(=O)O1. The van der Waals surface area contributed by atoms with Crippen molar-refractivity contribution >= 4 is 23.7 Å². The summed E-state index contributed by atoms with van der Waals surface area (Å²) in [6, 6.07) is 7.06. The molecule has 0 bridgehead atoms. The number of benzene rings is 1. The normalized spacial score (nSPS) is 18.3. The number of ether oxygens (including phenoxy) is 2. The van der Waals surface area contributed by atoms with Crippen LogP contribution in [0.5, 0.6) is 0 Å². The van der Waals surface area contributed by atoms with Gasteiger partial charge >= 0.3 is 11.9 Å². The summed E-state index contributed by atoms with van der Waals surface area (Å²) in [6.45, 7) is 3.56. The predicted molar refractivity (Wildman–Crippen MR) is 74.2 cm³/mol. The van der Waals surface area contributed by atoms with Gasteiger partial charge in [-0.25, -0.2) is 4.79 Å². The van der Waals surface area contributed by atoms with E-state index in [2.05, 4.69) is 6.58 Å². The monoisotopic (exact) mass is 273 g/mol. The number of carbonyl (C=O) groups excluding carboxylic acids is 2. The molecule has 0 radical (unpaired) electrons. The highest BCUT2D eigenvalue weighted by Gasteiger charge is 2.30. The number of rotatable bonds is 4. The molecule has 1 aromatic carbocycles. The molecule has 0 aliphatic carbocycles. The number of nitrogen functional groups attached to an aromatic ring is 1. The standard InChI is InChI=1S/C15H15NO4/c1-10-8-12(15(18)20-10)9-19-14(17)7-4-11-2-5-13(16)6-3-11/h2-7,12H,1,8-9,16H2/b7-4+. The summed E-state index contributed by atoms with van der Waals surface area (Å²) < 4.78 is 9.79. The summed E-state index contributed by atoms with van der Waals surface area (Å²) in [5.74, 6) is -0.942. The molecule has 5 nitrogen and oxygen atoms in total. The van der Waals surface area contributed by atoms with Gasteiger partial charge in [-0.1, -0.05) is 18.7 Å². The van der Waals surface area contributed by atoms with Crippen molar-refractivity contribution in [2.75, 3.05) is 12.3 Å². The minimum atomic E-state index is -0.507. The van der Waals surface area contributed by atoms with Crippen LogP contribution >= 0.6 is 0 Å². The Kier molecular flexibility index (Phi) is 4.20. The highest BCUT2D eigenvalue weighted by Crippen LogP contribution is 2.22. The van der Waals surface area contributed by atoms with Gasteiger partial charge < -0.3 is 15.2 Å². The highest BCUT2D eigenvalue weighted by molar-refractivity contribution is 5.87. The smallest absolute Gasteiger partial charge is 0.330 e. The maximum atomic E-state index is 11.5. The maximum absolute atomic E-state index is 11.5. The van der Waals surface area contributed by atoms with Gasteiger partial charge in [0.2, 0.25) is 0 Å². The molecule has 5 heteroatoms. The van der Waals surface area contributed by atoms with Crippen molar-refractivity contribution in [3.63, 3.8) is 0 Å². The molecule has 1 unspecified atom stereocenters. The van der Waals surface area contributed by atoms with Gasteiger partial charge in [0.15, 0.2) is 0 Å². The van der Waals surface area contributed by atoms with Gasteiger partial charge in [-0.3, -0.25) is 4.79 Å². The van der Waals surface area contributed by atoms with Gasteiger partial charge in [0.25, 0.3) is 0 Å². The number of carbonyl (C=O) groups is 2. The van der Waals surface area contributed by atoms with E-state index >= 15 is 0 Å². The van der Waals surface area contributed by atoms with E-state index in [0.717, 1.165) is 5.56 Å². The molecule has 1 aliphatic heterocycles. The second-order valence-electron chi connectivity index (χ2n) is 4.49. The van der Waals surface area contributed by atoms with E-state index in [4.69, 9.17) is 15.2 Å². The van der Waals surface area contributed by atoms with Crippen molar-refractivity contribution in [2.24, 2.45) is 5.92 Å². The molecule has 1 aromatic rings. The predicted octanol–water partition coefficient (Wildman–Crippen LogP) is 1.90. The molecule has 0 aromatic heterocycles. The van der Waals surface area contributed by atoms with Gasteiger partial charge in [0, 0.05) is 18.2 Å². The molecular weight excluding hydrogens is 258 g/mol. The van der Waals surface area contributed by atoms with E-state index in [-0.39, 0.29) is 6.61 Å².